The second-order valence-electron chi connectivity index (χ2n) is 11.9. The summed E-state index contributed by atoms with van der Waals surface area (Å²) in [5.74, 6) is 1.77. The smallest absolute Gasteiger partial charge is 0.187 e. The zero-order valence-electron chi connectivity index (χ0n) is 26.2. The quantitative estimate of drug-likeness (QED) is 0.178. The molecular weight excluding hydrogens is 601 g/mol. The molecule has 0 aliphatic heterocycles. The highest BCUT2D eigenvalue weighted by molar-refractivity contribution is 6.06. The second kappa shape index (κ2) is 11.7. The number of hydrogen-bond donors (Lipinski definition) is 0. The number of benzene rings is 7. The molecule has 0 unspecified atom stereocenters. The van der Waals surface area contributed by atoms with E-state index >= 15 is 0 Å². The van der Waals surface area contributed by atoms with Crippen molar-refractivity contribution in [1.82, 2.24) is 15.0 Å². The molecule has 2 aromatic heterocycles. The molecule has 228 valence electrons. The molecule has 9 aromatic rings. The first-order chi connectivity index (χ1) is 24.2. The van der Waals surface area contributed by atoms with Gasteiger partial charge in [-0.05, 0) is 63.4 Å². The zero-order valence-corrected chi connectivity index (χ0v) is 26.2. The number of furan rings is 1. The van der Waals surface area contributed by atoms with E-state index in [9.17, 15) is 0 Å². The van der Waals surface area contributed by atoms with E-state index in [1.807, 2.05) is 78.9 Å². The summed E-state index contributed by atoms with van der Waals surface area (Å²) in [6, 6.07) is 53.1. The van der Waals surface area contributed by atoms with E-state index in [0.29, 0.717) is 23.2 Å². The van der Waals surface area contributed by atoms with Crippen LogP contribution in [0.3, 0.4) is 0 Å². The summed E-state index contributed by atoms with van der Waals surface area (Å²) >= 11 is 0. The van der Waals surface area contributed by atoms with Crippen LogP contribution in [-0.4, -0.2) is 15.0 Å². The van der Waals surface area contributed by atoms with Gasteiger partial charge in [-0.25, -0.2) is 19.8 Å². The van der Waals surface area contributed by atoms with Crippen molar-refractivity contribution in [3.05, 3.63) is 169 Å². The van der Waals surface area contributed by atoms with Gasteiger partial charge >= 0.3 is 0 Å². The largest absolute Gasteiger partial charge is 0.456 e. The molecule has 0 atom stereocenters. The van der Waals surface area contributed by atoms with Crippen molar-refractivity contribution in [1.29, 1.82) is 0 Å². The van der Waals surface area contributed by atoms with Gasteiger partial charge in [0.05, 0.1) is 6.57 Å². The lowest BCUT2D eigenvalue weighted by Crippen LogP contribution is -2.00. The predicted octanol–water partition coefficient (Wildman–Crippen LogP) is 11.8. The topological polar surface area (TPSA) is 56.2 Å². The molecule has 9 rings (SSSR count). The Hall–Kier alpha value is -6.90. The standard InChI is InChI=1S/C44H26N4O/c1-45-33-16-10-14-30(26-33)35-24-23-34(36-17-5-6-18-37(35)36)29-13-9-15-31(25-29)43-46-42(28-11-3-2-4-12-28)47-44(48-43)32-21-22-39-38-19-7-8-20-40(38)49-41(39)27-32/h2-27H. The van der Waals surface area contributed by atoms with Crippen LogP contribution in [0.4, 0.5) is 5.69 Å². The van der Waals surface area contributed by atoms with Gasteiger partial charge in [-0.1, -0.05) is 127 Å². The molecule has 5 heteroatoms. The van der Waals surface area contributed by atoms with Crippen LogP contribution in [0.25, 0.3) is 94.0 Å². The summed E-state index contributed by atoms with van der Waals surface area (Å²) in [5, 5.41) is 4.40. The fourth-order valence-corrected chi connectivity index (χ4v) is 6.59. The maximum Gasteiger partial charge on any atom is 0.187 e. The Kier molecular flexibility index (Phi) is 6.78. The Labute approximate surface area is 282 Å². The number of rotatable bonds is 5. The van der Waals surface area contributed by atoms with Crippen molar-refractivity contribution in [2.75, 3.05) is 0 Å². The van der Waals surface area contributed by atoms with Crippen LogP contribution in [0.15, 0.2) is 162 Å². The molecule has 0 aliphatic rings. The van der Waals surface area contributed by atoms with E-state index in [-0.39, 0.29) is 0 Å². The SMILES string of the molecule is [C-]#[N+]c1cccc(-c2ccc(-c3cccc(-c4nc(-c5ccccc5)nc(-c5ccc6c(c5)oc5ccccc56)n4)c3)c3ccccc23)c1. The average molecular weight is 627 g/mol. The van der Waals surface area contributed by atoms with Crippen molar-refractivity contribution in [2.24, 2.45) is 0 Å². The van der Waals surface area contributed by atoms with Gasteiger partial charge in [0, 0.05) is 27.5 Å². The van der Waals surface area contributed by atoms with Crippen molar-refractivity contribution in [3.8, 4) is 56.4 Å². The minimum absolute atomic E-state index is 0.577. The van der Waals surface area contributed by atoms with E-state index in [4.69, 9.17) is 25.9 Å². The van der Waals surface area contributed by atoms with Crippen LogP contribution in [0, 0.1) is 6.57 Å². The third-order valence-corrected chi connectivity index (χ3v) is 8.95. The number of para-hydroxylation sites is 1. The molecule has 2 heterocycles. The lowest BCUT2D eigenvalue weighted by molar-refractivity contribution is 0.669. The van der Waals surface area contributed by atoms with Crippen LogP contribution in [0.2, 0.25) is 0 Å². The van der Waals surface area contributed by atoms with Gasteiger partial charge in [-0.2, -0.15) is 0 Å². The summed E-state index contributed by atoms with van der Waals surface area (Å²) in [5.41, 5.74) is 9.21. The zero-order chi connectivity index (χ0) is 32.7. The Bertz CT molecular complexity index is 2740. The highest BCUT2D eigenvalue weighted by atomic mass is 16.3. The van der Waals surface area contributed by atoms with E-state index in [2.05, 4.69) is 83.7 Å². The molecule has 0 saturated carbocycles. The molecule has 49 heavy (non-hydrogen) atoms. The Morgan fingerprint density at radius 2 is 0.918 bits per heavy atom. The average Bonchev–Trinajstić information content (AvgIpc) is 3.56. The van der Waals surface area contributed by atoms with Crippen LogP contribution in [0.5, 0.6) is 0 Å². The molecule has 0 aliphatic carbocycles. The van der Waals surface area contributed by atoms with E-state index in [1.165, 1.54) is 0 Å². The molecule has 5 nitrogen and oxygen atoms in total. The summed E-state index contributed by atoms with van der Waals surface area (Å²) in [6.45, 7) is 7.49. The molecular formula is C44H26N4O. The summed E-state index contributed by atoms with van der Waals surface area (Å²) in [4.78, 5) is 18.6. The van der Waals surface area contributed by atoms with Gasteiger partial charge in [0.25, 0.3) is 0 Å². The number of nitrogens with zero attached hydrogens (tertiary/aromatic N) is 4. The lowest BCUT2D eigenvalue weighted by atomic mass is 9.91. The maximum atomic E-state index is 7.49. The van der Waals surface area contributed by atoms with Crippen molar-refractivity contribution < 1.29 is 4.42 Å². The lowest BCUT2D eigenvalue weighted by Gasteiger charge is -2.13. The maximum absolute atomic E-state index is 7.49. The highest BCUT2D eigenvalue weighted by Crippen LogP contribution is 2.38. The summed E-state index contributed by atoms with van der Waals surface area (Å²) in [7, 11) is 0. The Balaban J connectivity index is 1.18. The molecule has 0 fully saturated rings. The number of fused-ring (bicyclic) bond motifs is 4. The van der Waals surface area contributed by atoms with Gasteiger partial charge < -0.3 is 4.42 Å². The first-order valence-electron chi connectivity index (χ1n) is 16.1. The first-order valence-corrected chi connectivity index (χ1v) is 16.1. The number of aromatic nitrogens is 3. The van der Waals surface area contributed by atoms with E-state index < -0.39 is 0 Å². The second-order valence-corrected chi connectivity index (χ2v) is 11.9. The fraction of sp³-hybridized carbons (Fsp3) is 0. The molecule has 0 N–H and O–H groups in total. The van der Waals surface area contributed by atoms with Crippen molar-refractivity contribution in [3.63, 3.8) is 0 Å². The van der Waals surface area contributed by atoms with Gasteiger partial charge in [0.15, 0.2) is 23.2 Å². The minimum atomic E-state index is 0.577. The molecule has 0 amide bonds. The summed E-state index contributed by atoms with van der Waals surface area (Å²) in [6.07, 6.45) is 0. The van der Waals surface area contributed by atoms with Gasteiger partial charge in [0.2, 0.25) is 0 Å². The van der Waals surface area contributed by atoms with Crippen molar-refractivity contribution in [2.45, 2.75) is 0 Å². The van der Waals surface area contributed by atoms with Crippen LogP contribution in [0.1, 0.15) is 0 Å². The fourth-order valence-electron chi connectivity index (χ4n) is 6.59. The van der Waals surface area contributed by atoms with Gasteiger partial charge in [-0.15, -0.1) is 0 Å². The van der Waals surface area contributed by atoms with Crippen LogP contribution in [-0.2, 0) is 0 Å². The Morgan fingerprint density at radius 1 is 0.388 bits per heavy atom. The molecule has 0 saturated heterocycles. The summed E-state index contributed by atoms with van der Waals surface area (Å²) < 4.78 is 6.21. The Morgan fingerprint density at radius 3 is 1.63 bits per heavy atom. The van der Waals surface area contributed by atoms with Crippen LogP contribution < -0.4 is 0 Å². The highest BCUT2D eigenvalue weighted by Gasteiger charge is 2.16. The number of hydrogen-bond acceptors (Lipinski definition) is 4. The predicted molar refractivity (Wildman–Crippen MR) is 198 cm³/mol. The normalized spacial score (nSPS) is 11.2. The third kappa shape index (κ3) is 5.09. The van der Waals surface area contributed by atoms with Gasteiger partial charge in [0.1, 0.15) is 11.2 Å². The van der Waals surface area contributed by atoms with Gasteiger partial charge in [-0.3, -0.25) is 0 Å². The minimum Gasteiger partial charge on any atom is -0.456 e. The van der Waals surface area contributed by atoms with E-state index in [1.54, 1.807) is 0 Å². The molecule has 7 aromatic carbocycles. The third-order valence-electron chi connectivity index (χ3n) is 8.95. The first kappa shape index (κ1) is 28.3. The van der Waals surface area contributed by atoms with Crippen LogP contribution >= 0.6 is 0 Å². The van der Waals surface area contributed by atoms with Crippen molar-refractivity contribution >= 4 is 38.4 Å². The molecule has 0 radical (unpaired) electrons. The molecule has 0 bridgehead atoms. The van der Waals surface area contributed by atoms with E-state index in [0.717, 1.165) is 71.7 Å². The molecule has 0 spiro atoms. The monoisotopic (exact) mass is 626 g/mol.